The molecule has 33 heavy (non-hydrogen) atoms. The molecule has 2 aliphatic rings. The molecule has 0 saturated heterocycles. The van der Waals surface area contributed by atoms with Crippen LogP contribution in [0.15, 0.2) is 81.7 Å². The zero-order valence-electron chi connectivity index (χ0n) is 17.3. The van der Waals surface area contributed by atoms with Crippen molar-refractivity contribution in [1.82, 2.24) is 0 Å². The average molecular weight is 440 g/mol. The molecule has 5 nitrogen and oxygen atoms in total. The third-order valence-electron chi connectivity index (χ3n) is 6.14. The van der Waals surface area contributed by atoms with Crippen molar-refractivity contribution in [3.05, 3.63) is 99.7 Å². The summed E-state index contributed by atoms with van der Waals surface area (Å²) in [5, 5.41) is 0.372. The van der Waals surface area contributed by atoms with Crippen LogP contribution in [0.2, 0.25) is 0 Å². The smallest absolute Gasteiger partial charge is 0.312 e. The molecule has 0 amide bonds. The lowest BCUT2D eigenvalue weighted by atomic mass is 9.83. The molecule has 0 radical (unpaired) electrons. The lowest BCUT2D eigenvalue weighted by molar-refractivity contribution is -0.135. The first-order valence-corrected chi connectivity index (χ1v) is 10.6. The molecule has 0 bridgehead atoms. The van der Waals surface area contributed by atoms with E-state index in [-0.39, 0.29) is 29.6 Å². The van der Waals surface area contributed by atoms with Gasteiger partial charge in [0.1, 0.15) is 35.8 Å². The Bertz CT molecular complexity index is 1510. The molecule has 4 aromatic rings. The van der Waals surface area contributed by atoms with Gasteiger partial charge in [0, 0.05) is 17.0 Å². The van der Waals surface area contributed by atoms with Crippen LogP contribution in [0, 0.1) is 5.82 Å². The van der Waals surface area contributed by atoms with Gasteiger partial charge in [-0.3, -0.25) is 9.59 Å². The molecule has 162 valence electrons. The summed E-state index contributed by atoms with van der Waals surface area (Å²) in [5.74, 6) is 0.0802. The van der Waals surface area contributed by atoms with Crippen molar-refractivity contribution in [2.45, 2.75) is 12.3 Å². The predicted octanol–water partition coefficient (Wildman–Crippen LogP) is 5.47. The standard InChI is InChI=1S/C27H17FO5/c28-18-7-5-15(6-8-18)21-14-32-27-19(26(21)30)9-10-23-25(27)20(12-24(29)33-23)17-11-16-3-1-2-4-22(16)31-13-17/h1-11,14,20H,12-13H2/t20-/m0/s1. The Labute approximate surface area is 187 Å². The summed E-state index contributed by atoms with van der Waals surface area (Å²) >= 11 is 0. The van der Waals surface area contributed by atoms with Gasteiger partial charge in [-0.1, -0.05) is 30.3 Å². The number of halogens is 1. The molecule has 0 spiro atoms. The topological polar surface area (TPSA) is 65.7 Å². The van der Waals surface area contributed by atoms with Gasteiger partial charge in [-0.05, 0) is 47.5 Å². The molecular formula is C27H17FO5. The van der Waals surface area contributed by atoms with Crippen molar-refractivity contribution in [2.24, 2.45) is 0 Å². The third-order valence-corrected chi connectivity index (χ3v) is 6.14. The van der Waals surface area contributed by atoms with E-state index in [1.54, 1.807) is 12.1 Å². The SMILES string of the molecule is O=C1C[C@@H](C2=Cc3ccccc3OC2)c2c(ccc3c(=O)c(-c4ccc(F)cc4)coc23)O1. The molecule has 0 aliphatic carbocycles. The highest BCUT2D eigenvalue weighted by atomic mass is 19.1. The molecule has 0 unspecified atom stereocenters. The van der Waals surface area contributed by atoms with Crippen molar-refractivity contribution >= 4 is 23.0 Å². The summed E-state index contributed by atoms with van der Waals surface area (Å²) in [4.78, 5) is 25.7. The molecule has 3 aromatic carbocycles. The minimum Gasteiger partial charge on any atom is -0.489 e. The van der Waals surface area contributed by atoms with Gasteiger partial charge in [0.2, 0.25) is 5.43 Å². The number of rotatable bonds is 2. The first-order chi connectivity index (χ1) is 16.1. The highest BCUT2D eigenvalue weighted by molar-refractivity contribution is 5.90. The van der Waals surface area contributed by atoms with Gasteiger partial charge in [0.15, 0.2) is 0 Å². The van der Waals surface area contributed by atoms with Gasteiger partial charge < -0.3 is 13.9 Å². The number of carbonyl (C=O) groups excluding carboxylic acids is 1. The molecule has 6 heteroatoms. The third kappa shape index (κ3) is 3.22. The van der Waals surface area contributed by atoms with Gasteiger partial charge >= 0.3 is 5.97 Å². The van der Waals surface area contributed by atoms with Gasteiger partial charge in [0.05, 0.1) is 17.4 Å². The van der Waals surface area contributed by atoms with E-state index in [1.807, 2.05) is 30.3 Å². The van der Waals surface area contributed by atoms with Crippen LogP contribution >= 0.6 is 0 Å². The number of benzene rings is 3. The van der Waals surface area contributed by atoms with Crippen molar-refractivity contribution < 1.29 is 23.1 Å². The lowest BCUT2D eigenvalue weighted by Crippen LogP contribution is -2.25. The minimum atomic E-state index is -0.382. The van der Waals surface area contributed by atoms with Crippen molar-refractivity contribution in [3.63, 3.8) is 0 Å². The van der Waals surface area contributed by atoms with Crippen molar-refractivity contribution in [1.29, 1.82) is 0 Å². The molecule has 0 saturated carbocycles. The van der Waals surface area contributed by atoms with Crippen LogP contribution in [0.3, 0.4) is 0 Å². The molecule has 0 fully saturated rings. The Kier molecular flexibility index (Phi) is 4.40. The largest absolute Gasteiger partial charge is 0.489 e. The number of fused-ring (bicyclic) bond motifs is 4. The molecule has 6 rings (SSSR count). The fourth-order valence-electron chi connectivity index (χ4n) is 4.54. The van der Waals surface area contributed by atoms with Crippen LogP contribution in [0.1, 0.15) is 23.5 Å². The molecule has 1 atom stereocenters. The van der Waals surface area contributed by atoms with Crippen molar-refractivity contribution in [2.75, 3.05) is 6.61 Å². The fraction of sp³-hybridized carbons (Fsp3) is 0.111. The maximum absolute atomic E-state index is 13.3. The van der Waals surface area contributed by atoms with E-state index in [0.717, 1.165) is 16.9 Å². The molecular weight excluding hydrogens is 423 g/mol. The quantitative estimate of drug-likeness (QED) is 0.306. The van der Waals surface area contributed by atoms with Crippen LogP contribution in [0.25, 0.3) is 28.2 Å². The van der Waals surface area contributed by atoms with E-state index in [0.29, 0.717) is 40.0 Å². The summed E-state index contributed by atoms with van der Waals surface area (Å²) in [6.45, 7) is 0.322. The molecule has 3 heterocycles. The molecule has 1 aromatic heterocycles. The zero-order chi connectivity index (χ0) is 22.5. The van der Waals surface area contributed by atoms with E-state index in [1.165, 1.54) is 30.5 Å². The Morgan fingerprint density at radius 1 is 0.909 bits per heavy atom. The van der Waals surface area contributed by atoms with Crippen LogP contribution in [-0.4, -0.2) is 12.6 Å². The molecule has 2 aliphatic heterocycles. The Morgan fingerprint density at radius 2 is 1.73 bits per heavy atom. The number of carbonyl (C=O) groups is 1. The highest BCUT2D eigenvalue weighted by Gasteiger charge is 2.34. The van der Waals surface area contributed by atoms with Crippen molar-refractivity contribution in [3.8, 4) is 22.6 Å². The second-order valence-electron chi connectivity index (χ2n) is 8.12. The first-order valence-electron chi connectivity index (χ1n) is 10.6. The van der Waals surface area contributed by atoms with Crippen LogP contribution in [0.4, 0.5) is 4.39 Å². The normalized spacial score (nSPS) is 16.9. The number of hydrogen-bond acceptors (Lipinski definition) is 5. The van der Waals surface area contributed by atoms with Crippen LogP contribution in [0.5, 0.6) is 11.5 Å². The molecule has 0 N–H and O–H groups in total. The lowest BCUT2D eigenvalue weighted by Gasteiger charge is -2.29. The van der Waals surface area contributed by atoms with Gasteiger partial charge in [-0.25, -0.2) is 4.39 Å². The maximum Gasteiger partial charge on any atom is 0.312 e. The van der Waals surface area contributed by atoms with Gasteiger partial charge in [-0.2, -0.15) is 0 Å². The van der Waals surface area contributed by atoms with Crippen LogP contribution < -0.4 is 14.9 Å². The number of para-hydroxylation sites is 1. The Morgan fingerprint density at radius 3 is 2.58 bits per heavy atom. The van der Waals surface area contributed by atoms with E-state index >= 15 is 0 Å². The van der Waals surface area contributed by atoms with Gasteiger partial charge in [-0.15, -0.1) is 0 Å². The fourth-order valence-corrected chi connectivity index (χ4v) is 4.54. The zero-order valence-corrected chi connectivity index (χ0v) is 17.3. The maximum atomic E-state index is 13.3. The second-order valence-corrected chi connectivity index (χ2v) is 8.12. The highest BCUT2D eigenvalue weighted by Crippen LogP contribution is 2.45. The monoisotopic (exact) mass is 440 g/mol. The second kappa shape index (κ2) is 7.45. The summed E-state index contributed by atoms with van der Waals surface area (Å²) in [5.41, 5.74) is 3.53. The van der Waals surface area contributed by atoms with E-state index in [9.17, 15) is 14.0 Å². The van der Waals surface area contributed by atoms with Crippen LogP contribution in [-0.2, 0) is 4.79 Å². The minimum absolute atomic E-state index is 0.118. The first kappa shape index (κ1) is 19.5. The predicted molar refractivity (Wildman–Crippen MR) is 121 cm³/mol. The summed E-state index contributed by atoms with van der Waals surface area (Å²) < 4.78 is 30.7. The average Bonchev–Trinajstić information content (AvgIpc) is 2.84. The summed E-state index contributed by atoms with van der Waals surface area (Å²) in [6, 6.07) is 16.6. The summed E-state index contributed by atoms with van der Waals surface area (Å²) in [6.07, 6.45) is 3.52. The summed E-state index contributed by atoms with van der Waals surface area (Å²) in [7, 11) is 0. The number of hydrogen-bond donors (Lipinski definition) is 0. The van der Waals surface area contributed by atoms with Gasteiger partial charge in [0.25, 0.3) is 0 Å². The Balaban J connectivity index is 1.53. The van der Waals surface area contributed by atoms with E-state index < -0.39 is 0 Å². The Hall–Kier alpha value is -4.19. The van der Waals surface area contributed by atoms with E-state index in [2.05, 4.69) is 0 Å². The number of ether oxygens (including phenoxy) is 2. The van der Waals surface area contributed by atoms with E-state index in [4.69, 9.17) is 13.9 Å². The number of esters is 1.